The molecule has 1 N–H and O–H groups in total. The second-order valence-corrected chi connectivity index (χ2v) is 4.64. The Kier molecular flexibility index (Phi) is 3.20. The van der Waals surface area contributed by atoms with Gasteiger partial charge in [-0.2, -0.15) is 0 Å². The van der Waals surface area contributed by atoms with Gasteiger partial charge in [0.15, 0.2) is 0 Å². The molecule has 0 radical (unpaired) electrons. The van der Waals surface area contributed by atoms with Crippen LogP contribution in [0.4, 0.5) is 4.39 Å². The summed E-state index contributed by atoms with van der Waals surface area (Å²) < 4.78 is 13.6. The van der Waals surface area contributed by atoms with Crippen molar-refractivity contribution in [1.29, 1.82) is 0 Å². The molecule has 1 aliphatic heterocycles. The molecule has 2 heteroatoms. The summed E-state index contributed by atoms with van der Waals surface area (Å²) in [5.74, 6) is 1.09. The summed E-state index contributed by atoms with van der Waals surface area (Å²) in [5, 5.41) is 3.32. The van der Waals surface area contributed by atoms with Crippen molar-refractivity contribution in [2.75, 3.05) is 13.1 Å². The molecule has 1 atom stereocenters. The predicted molar refractivity (Wildman–Crippen MR) is 52.4 cm³/mol. The lowest BCUT2D eigenvalue weighted by atomic mass is 9.78. The van der Waals surface area contributed by atoms with Crippen molar-refractivity contribution in [2.24, 2.45) is 11.8 Å². The molecule has 1 heterocycles. The van der Waals surface area contributed by atoms with E-state index >= 15 is 0 Å². The van der Waals surface area contributed by atoms with E-state index in [1.807, 2.05) is 0 Å². The van der Waals surface area contributed by atoms with Crippen LogP contribution in [0.3, 0.4) is 0 Å². The Morgan fingerprint density at radius 2 is 1.85 bits per heavy atom. The van der Waals surface area contributed by atoms with E-state index < -0.39 is 6.17 Å². The highest BCUT2D eigenvalue weighted by Crippen LogP contribution is 2.35. The van der Waals surface area contributed by atoms with Crippen LogP contribution in [-0.4, -0.2) is 19.3 Å². The van der Waals surface area contributed by atoms with Crippen LogP contribution in [0, 0.1) is 11.8 Å². The van der Waals surface area contributed by atoms with Crippen LogP contribution in [0.5, 0.6) is 0 Å². The third kappa shape index (κ3) is 2.43. The minimum Gasteiger partial charge on any atom is -0.317 e. The number of halogens is 1. The first kappa shape index (κ1) is 9.45. The summed E-state index contributed by atoms with van der Waals surface area (Å²) in [5.41, 5.74) is 0. The van der Waals surface area contributed by atoms with E-state index in [2.05, 4.69) is 5.32 Å². The van der Waals surface area contributed by atoms with Gasteiger partial charge >= 0.3 is 0 Å². The molecule has 1 nitrogen and oxygen atoms in total. The first-order chi connectivity index (χ1) is 6.36. The molecule has 0 spiro atoms. The second kappa shape index (κ2) is 4.41. The Morgan fingerprint density at radius 3 is 2.38 bits per heavy atom. The molecule has 0 aromatic heterocycles. The van der Waals surface area contributed by atoms with Crippen LogP contribution in [0.15, 0.2) is 0 Å². The van der Waals surface area contributed by atoms with Gasteiger partial charge in [0, 0.05) is 0 Å². The number of alkyl halides is 1. The molecule has 0 amide bonds. The van der Waals surface area contributed by atoms with Gasteiger partial charge in [-0.25, -0.2) is 4.39 Å². The SMILES string of the molecule is FC(CC1CCNCC1)C1CCC1. The smallest absolute Gasteiger partial charge is 0.103 e. The monoisotopic (exact) mass is 185 g/mol. The summed E-state index contributed by atoms with van der Waals surface area (Å²) in [6.07, 6.45) is 6.28. The van der Waals surface area contributed by atoms with Crippen molar-refractivity contribution >= 4 is 0 Å². The minimum atomic E-state index is -0.489. The summed E-state index contributed by atoms with van der Waals surface area (Å²) in [6.45, 7) is 2.20. The van der Waals surface area contributed by atoms with Crippen molar-refractivity contribution in [2.45, 2.75) is 44.7 Å². The Morgan fingerprint density at radius 1 is 1.15 bits per heavy atom. The third-order valence-corrected chi connectivity index (χ3v) is 3.68. The van der Waals surface area contributed by atoms with E-state index in [0.29, 0.717) is 11.8 Å². The first-order valence-corrected chi connectivity index (χ1v) is 5.71. The Balaban J connectivity index is 1.69. The zero-order valence-electron chi connectivity index (χ0n) is 8.27. The van der Waals surface area contributed by atoms with Crippen molar-refractivity contribution < 1.29 is 4.39 Å². The first-order valence-electron chi connectivity index (χ1n) is 5.71. The maximum Gasteiger partial charge on any atom is 0.103 e. The van der Waals surface area contributed by atoms with Gasteiger partial charge in [0.25, 0.3) is 0 Å². The van der Waals surface area contributed by atoms with Gasteiger partial charge in [-0.15, -0.1) is 0 Å². The van der Waals surface area contributed by atoms with E-state index in [4.69, 9.17) is 0 Å². The lowest BCUT2D eigenvalue weighted by Crippen LogP contribution is -2.32. The Labute approximate surface area is 80.1 Å². The number of rotatable bonds is 3. The lowest BCUT2D eigenvalue weighted by Gasteiger charge is -2.32. The molecular formula is C11H20FN. The Bertz CT molecular complexity index is 150. The van der Waals surface area contributed by atoms with Crippen LogP contribution < -0.4 is 5.32 Å². The van der Waals surface area contributed by atoms with Crippen molar-refractivity contribution in [3.8, 4) is 0 Å². The van der Waals surface area contributed by atoms with Gasteiger partial charge < -0.3 is 5.32 Å². The van der Waals surface area contributed by atoms with E-state index in [0.717, 1.165) is 32.4 Å². The summed E-state index contributed by atoms with van der Waals surface area (Å²) >= 11 is 0. The zero-order valence-corrected chi connectivity index (χ0v) is 8.27. The number of nitrogens with one attached hydrogen (secondary N) is 1. The molecule has 0 aromatic carbocycles. The molecular weight excluding hydrogens is 165 g/mol. The van der Waals surface area contributed by atoms with Gasteiger partial charge in [-0.1, -0.05) is 6.42 Å². The number of hydrogen-bond donors (Lipinski definition) is 1. The fourth-order valence-corrected chi connectivity index (χ4v) is 2.43. The zero-order chi connectivity index (χ0) is 9.10. The number of piperidine rings is 1. The standard InChI is InChI=1S/C11H20FN/c12-11(10-2-1-3-10)8-9-4-6-13-7-5-9/h9-11,13H,1-8H2. The maximum atomic E-state index is 13.6. The van der Waals surface area contributed by atoms with Crippen LogP contribution in [0.1, 0.15) is 38.5 Å². The summed E-state index contributed by atoms with van der Waals surface area (Å²) in [6, 6.07) is 0. The van der Waals surface area contributed by atoms with Crippen LogP contribution in [0.2, 0.25) is 0 Å². The molecule has 1 saturated carbocycles. The molecule has 1 unspecified atom stereocenters. The average Bonchev–Trinajstić information content (AvgIpc) is 2.02. The molecule has 1 saturated heterocycles. The van der Waals surface area contributed by atoms with Gasteiger partial charge in [-0.3, -0.25) is 0 Å². The van der Waals surface area contributed by atoms with Gasteiger partial charge in [0.1, 0.15) is 6.17 Å². The van der Waals surface area contributed by atoms with Gasteiger partial charge in [-0.05, 0) is 57.0 Å². The molecule has 76 valence electrons. The third-order valence-electron chi connectivity index (χ3n) is 3.68. The summed E-state index contributed by atoms with van der Waals surface area (Å²) in [7, 11) is 0. The van der Waals surface area contributed by atoms with E-state index in [9.17, 15) is 4.39 Å². The number of hydrogen-bond acceptors (Lipinski definition) is 1. The van der Waals surface area contributed by atoms with Crippen LogP contribution in [0.25, 0.3) is 0 Å². The fraction of sp³-hybridized carbons (Fsp3) is 1.00. The average molecular weight is 185 g/mol. The molecule has 2 fully saturated rings. The van der Waals surface area contributed by atoms with E-state index in [-0.39, 0.29) is 0 Å². The molecule has 1 aliphatic carbocycles. The highest BCUT2D eigenvalue weighted by molar-refractivity contribution is 4.80. The fourth-order valence-electron chi connectivity index (χ4n) is 2.43. The van der Waals surface area contributed by atoms with Crippen LogP contribution in [-0.2, 0) is 0 Å². The largest absolute Gasteiger partial charge is 0.317 e. The topological polar surface area (TPSA) is 12.0 Å². The predicted octanol–water partition coefficient (Wildman–Crippen LogP) is 2.51. The van der Waals surface area contributed by atoms with Crippen LogP contribution >= 0.6 is 0 Å². The van der Waals surface area contributed by atoms with Gasteiger partial charge in [0.2, 0.25) is 0 Å². The quantitative estimate of drug-likeness (QED) is 0.712. The lowest BCUT2D eigenvalue weighted by molar-refractivity contribution is 0.115. The maximum absolute atomic E-state index is 13.6. The van der Waals surface area contributed by atoms with E-state index in [1.165, 1.54) is 19.3 Å². The molecule has 13 heavy (non-hydrogen) atoms. The van der Waals surface area contributed by atoms with Crippen molar-refractivity contribution in [1.82, 2.24) is 5.32 Å². The van der Waals surface area contributed by atoms with Crippen molar-refractivity contribution in [3.05, 3.63) is 0 Å². The normalized spacial score (nSPS) is 28.4. The highest BCUT2D eigenvalue weighted by atomic mass is 19.1. The second-order valence-electron chi connectivity index (χ2n) is 4.64. The molecule has 0 bridgehead atoms. The highest BCUT2D eigenvalue weighted by Gasteiger charge is 2.29. The van der Waals surface area contributed by atoms with Gasteiger partial charge in [0.05, 0.1) is 0 Å². The van der Waals surface area contributed by atoms with Crippen molar-refractivity contribution in [3.63, 3.8) is 0 Å². The molecule has 0 aromatic rings. The molecule has 2 rings (SSSR count). The minimum absolute atomic E-state index is 0.426. The Hall–Kier alpha value is -0.110. The molecule has 2 aliphatic rings. The summed E-state index contributed by atoms with van der Waals surface area (Å²) in [4.78, 5) is 0. The van der Waals surface area contributed by atoms with E-state index in [1.54, 1.807) is 0 Å².